The van der Waals surface area contributed by atoms with E-state index in [1.807, 2.05) is 57.2 Å². The Morgan fingerprint density at radius 1 is 0.974 bits per heavy atom. The van der Waals surface area contributed by atoms with E-state index in [-0.39, 0.29) is 11.3 Å². The van der Waals surface area contributed by atoms with Crippen LogP contribution in [0.25, 0.3) is 5.69 Å². The van der Waals surface area contributed by atoms with Crippen molar-refractivity contribution in [2.45, 2.75) is 38.1 Å². The third kappa shape index (κ3) is 6.66. The van der Waals surface area contributed by atoms with Crippen molar-refractivity contribution in [2.24, 2.45) is 5.10 Å². The van der Waals surface area contributed by atoms with Crippen LogP contribution in [0, 0.1) is 20.8 Å². The fourth-order valence-corrected chi connectivity index (χ4v) is 5.69. The number of sulfonamides is 1. The van der Waals surface area contributed by atoms with E-state index < -0.39 is 22.0 Å². The summed E-state index contributed by atoms with van der Waals surface area (Å²) in [5.41, 5.74) is 8.09. The minimum absolute atomic E-state index is 0.121. The molecular formula is C29H29BrN4O3S. The summed E-state index contributed by atoms with van der Waals surface area (Å²) in [7, 11) is -3.84. The van der Waals surface area contributed by atoms with Crippen molar-refractivity contribution < 1.29 is 13.2 Å². The van der Waals surface area contributed by atoms with E-state index in [4.69, 9.17) is 0 Å². The van der Waals surface area contributed by atoms with Gasteiger partial charge in [0.25, 0.3) is 0 Å². The van der Waals surface area contributed by atoms with Crippen molar-refractivity contribution in [1.82, 2.24) is 14.7 Å². The van der Waals surface area contributed by atoms with E-state index in [0.717, 1.165) is 32.7 Å². The van der Waals surface area contributed by atoms with Crippen LogP contribution in [0.1, 0.15) is 40.5 Å². The molecule has 1 amide bonds. The highest BCUT2D eigenvalue weighted by Gasteiger charge is 2.23. The molecule has 0 unspecified atom stereocenters. The Morgan fingerprint density at radius 3 is 2.29 bits per heavy atom. The summed E-state index contributed by atoms with van der Waals surface area (Å²) in [6, 6.07) is 24.8. The van der Waals surface area contributed by atoms with Gasteiger partial charge in [0.15, 0.2) is 0 Å². The number of carbonyl (C=O) groups excluding carboxylic acids is 1. The lowest BCUT2D eigenvalue weighted by Gasteiger charge is -2.18. The molecule has 7 nitrogen and oxygen atoms in total. The van der Waals surface area contributed by atoms with Gasteiger partial charge in [-0.1, -0.05) is 64.0 Å². The second-order valence-corrected chi connectivity index (χ2v) is 11.7. The third-order valence-corrected chi connectivity index (χ3v) is 8.18. The number of amides is 1. The molecule has 2 N–H and O–H groups in total. The Labute approximate surface area is 231 Å². The highest BCUT2D eigenvalue weighted by atomic mass is 79.9. The van der Waals surface area contributed by atoms with Crippen LogP contribution < -0.4 is 10.1 Å². The summed E-state index contributed by atoms with van der Waals surface area (Å²) in [5.74, 6) is -0.413. The van der Waals surface area contributed by atoms with E-state index in [2.05, 4.69) is 35.7 Å². The second kappa shape index (κ2) is 11.9. The van der Waals surface area contributed by atoms with Gasteiger partial charge in [0.1, 0.15) is 0 Å². The molecule has 0 aliphatic carbocycles. The second-order valence-electron chi connectivity index (χ2n) is 9.03. The van der Waals surface area contributed by atoms with Gasteiger partial charge in [-0.3, -0.25) is 4.79 Å². The summed E-state index contributed by atoms with van der Waals surface area (Å²) in [4.78, 5) is 13.0. The molecule has 0 fully saturated rings. The molecule has 0 saturated heterocycles. The highest BCUT2D eigenvalue weighted by Crippen LogP contribution is 2.23. The normalized spacial score (nSPS) is 12.5. The molecule has 0 spiro atoms. The van der Waals surface area contributed by atoms with Gasteiger partial charge in [-0.05, 0) is 68.8 Å². The van der Waals surface area contributed by atoms with Crippen molar-refractivity contribution in [2.75, 3.05) is 0 Å². The number of halogens is 1. The fraction of sp³-hybridized carbons (Fsp3) is 0.172. The Bertz CT molecular complexity index is 1550. The lowest BCUT2D eigenvalue weighted by atomic mass is 10.0. The van der Waals surface area contributed by atoms with E-state index in [1.165, 1.54) is 0 Å². The molecule has 0 aliphatic heterocycles. The molecule has 196 valence electrons. The molecule has 0 aliphatic rings. The molecule has 0 radical (unpaired) electrons. The van der Waals surface area contributed by atoms with E-state index >= 15 is 0 Å². The maximum Gasteiger partial charge on any atom is 0.242 e. The standard InChI is InChI=1S/C29H29BrN4O3S/c1-20-9-15-27(16-10-20)38(36,37)33-28(23-7-5-4-6-8-23)18-29(35)32-31-19-24-17-21(2)34(22(24)3)26-13-11-25(30)12-14-26/h4-17,19,28,33H,18H2,1-3H3,(H,32,35)/b31-19-/t28-/m0/s1. The summed E-state index contributed by atoms with van der Waals surface area (Å²) in [5, 5.41) is 4.15. The van der Waals surface area contributed by atoms with Gasteiger partial charge >= 0.3 is 0 Å². The number of hydrogen-bond donors (Lipinski definition) is 2. The van der Waals surface area contributed by atoms with Crippen LogP contribution in [-0.4, -0.2) is 25.1 Å². The number of carbonyl (C=O) groups is 1. The van der Waals surface area contributed by atoms with Crippen molar-refractivity contribution in [3.05, 3.63) is 117 Å². The van der Waals surface area contributed by atoms with Crippen LogP contribution in [-0.2, 0) is 14.8 Å². The minimum atomic E-state index is -3.84. The number of hydrazone groups is 1. The maximum absolute atomic E-state index is 13.0. The van der Waals surface area contributed by atoms with Crippen LogP contribution in [0.15, 0.2) is 99.4 Å². The number of nitrogens with zero attached hydrogens (tertiary/aromatic N) is 2. The van der Waals surface area contributed by atoms with Gasteiger partial charge in [-0.15, -0.1) is 0 Å². The Hall–Kier alpha value is -3.53. The van der Waals surface area contributed by atoms with Gasteiger partial charge in [-0.2, -0.15) is 5.10 Å². The molecule has 0 saturated carbocycles. The molecule has 1 atom stereocenters. The van der Waals surface area contributed by atoms with Gasteiger partial charge < -0.3 is 4.57 Å². The Kier molecular flexibility index (Phi) is 8.61. The zero-order chi connectivity index (χ0) is 27.3. The number of benzene rings is 3. The lowest BCUT2D eigenvalue weighted by Crippen LogP contribution is -2.32. The first-order chi connectivity index (χ1) is 18.1. The summed E-state index contributed by atoms with van der Waals surface area (Å²) >= 11 is 3.46. The van der Waals surface area contributed by atoms with Crippen LogP contribution in [0.5, 0.6) is 0 Å². The largest absolute Gasteiger partial charge is 0.318 e. The smallest absolute Gasteiger partial charge is 0.242 e. The Morgan fingerprint density at radius 2 is 1.63 bits per heavy atom. The van der Waals surface area contributed by atoms with Gasteiger partial charge in [0, 0.05) is 33.5 Å². The average molecular weight is 594 g/mol. The number of hydrogen-bond acceptors (Lipinski definition) is 4. The van der Waals surface area contributed by atoms with Crippen molar-refractivity contribution in [3.8, 4) is 5.69 Å². The van der Waals surface area contributed by atoms with Crippen LogP contribution in [0.4, 0.5) is 0 Å². The zero-order valence-corrected chi connectivity index (χ0v) is 23.8. The molecule has 9 heteroatoms. The van der Waals surface area contributed by atoms with Gasteiger partial charge in [0.05, 0.1) is 17.2 Å². The predicted molar refractivity (Wildman–Crippen MR) is 154 cm³/mol. The van der Waals surface area contributed by atoms with E-state index in [1.54, 1.807) is 54.7 Å². The lowest BCUT2D eigenvalue weighted by molar-refractivity contribution is -0.121. The van der Waals surface area contributed by atoms with Gasteiger partial charge in [-0.25, -0.2) is 18.6 Å². The zero-order valence-electron chi connectivity index (χ0n) is 21.4. The number of rotatable bonds is 9. The highest BCUT2D eigenvalue weighted by molar-refractivity contribution is 9.10. The molecule has 4 aromatic rings. The van der Waals surface area contributed by atoms with E-state index in [9.17, 15) is 13.2 Å². The van der Waals surface area contributed by atoms with Crippen LogP contribution in [0.2, 0.25) is 0 Å². The van der Waals surface area contributed by atoms with E-state index in [0.29, 0.717) is 5.56 Å². The molecule has 4 rings (SSSR count). The average Bonchev–Trinajstić information content (AvgIpc) is 3.17. The summed E-state index contributed by atoms with van der Waals surface area (Å²) < 4.78 is 31.9. The van der Waals surface area contributed by atoms with Gasteiger partial charge in [0.2, 0.25) is 15.9 Å². The number of aromatic nitrogens is 1. The van der Waals surface area contributed by atoms with Crippen LogP contribution in [0.3, 0.4) is 0 Å². The summed E-state index contributed by atoms with van der Waals surface area (Å²) in [6.45, 7) is 5.89. The van der Waals surface area contributed by atoms with Crippen molar-refractivity contribution in [3.63, 3.8) is 0 Å². The quantitative estimate of drug-likeness (QED) is 0.192. The van der Waals surface area contributed by atoms with Crippen molar-refractivity contribution in [1.29, 1.82) is 0 Å². The summed E-state index contributed by atoms with van der Waals surface area (Å²) in [6.07, 6.45) is 1.48. The molecule has 0 bridgehead atoms. The molecule has 1 aromatic heterocycles. The molecular weight excluding hydrogens is 564 g/mol. The first-order valence-corrected chi connectivity index (χ1v) is 14.3. The number of nitrogens with one attached hydrogen (secondary N) is 2. The molecule has 38 heavy (non-hydrogen) atoms. The monoisotopic (exact) mass is 592 g/mol. The number of aryl methyl sites for hydroxylation is 2. The first kappa shape index (κ1) is 27.5. The molecule has 1 heterocycles. The predicted octanol–water partition coefficient (Wildman–Crippen LogP) is 5.73. The first-order valence-electron chi connectivity index (χ1n) is 12.0. The SMILES string of the molecule is Cc1ccc(S(=O)(=O)N[C@@H](CC(=O)N/N=C\c2cc(C)n(-c3ccc(Br)cc3)c2C)c2ccccc2)cc1. The maximum atomic E-state index is 13.0. The topological polar surface area (TPSA) is 92.6 Å². The fourth-order valence-electron chi connectivity index (χ4n) is 4.20. The third-order valence-electron chi connectivity index (χ3n) is 6.17. The minimum Gasteiger partial charge on any atom is -0.318 e. The van der Waals surface area contributed by atoms with Crippen LogP contribution >= 0.6 is 15.9 Å². The molecule has 3 aromatic carbocycles. The van der Waals surface area contributed by atoms with Crippen molar-refractivity contribution >= 4 is 38.1 Å². The Balaban J connectivity index is 1.48.